The fraction of sp³-hybridized carbons (Fsp3) is 0.0833. The molecule has 0 aliphatic heterocycles. The van der Waals surface area contributed by atoms with Crippen LogP contribution in [0.1, 0.15) is 23.1 Å². The van der Waals surface area contributed by atoms with E-state index in [-0.39, 0.29) is 5.82 Å². The lowest BCUT2D eigenvalue weighted by Crippen LogP contribution is -2.19. The second kappa shape index (κ2) is 9.49. The van der Waals surface area contributed by atoms with Gasteiger partial charge < -0.3 is 4.74 Å². The van der Waals surface area contributed by atoms with Crippen LogP contribution in [0.15, 0.2) is 90.0 Å². The van der Waals surface area contributed by atoms with Crippen molar-refractivity contribution in [2.75, 3.05) is 6.61 Å². The minimum atomic E-state index is -0.492. The highest BCUT2D eigenvalue weighted by Gasteiger charge is 2.18. The second-order valence-corrected chi connectivity index (χ2v) is 6.57. The number of rotatable bonds is 7. The SMILES string of the molecule is CCOc1ccc(/C=N\NC(=O)c2nc(-c3ccccc3)n(-c3ccccc3)n2)cc1. The molecule has 0 fully saturated rings. The molecule has 3 aromatic carbocycles. The molecular formula is C24H21N5O2. The second-order valence-electron chi connectivity index (χ2n) is 6.57. The largest absolute Gasteiger partial charge is 0.494 e. The van der Waals surface area contributed by atoms with Crippen molar-refractivity contribution in [3.63, 3.8) is 0 Å². The number of hydrogen-bond donors (Lipinski definition) is 1. The van der Waals surface area contributed by atoms with Gasteiger partial charge in [-0.25, -0.2) is 15.1 Å². The van der Waals surface area contributed by atoms with Crippen LogP contribution in [0.5, 0.6) is 5.75 Å². The third kappa shape index (κ3) is 4.84. The minimum Gasteiger partial charge on any atom is -0.494 e. The van der Waals surface area contributed by atoms with Crippen molar-refractivity contribution in [2.24, 2.45) is 5.10 Å². The average Bonchev–Trinajstić information content (AvgIpc) is 3.27. The smallest absolute Gasteiger partial charge is 0.311 e. The molecule has 154 valence electrons. The summed E-state index contributed by atoms with van der Waals surface area (Å²) in [5.41, 5.74) is 4.99. The van der Waals surface area contributed by atoms with Crippen molar-refractivity contribution < 1.29 is 9.53 Å². The normalized spacial score (nSPS) is 10.9. The van der Waals surface area contributed by atoms with Gasteiger partial charge in [0, 0.05) is 5.56 Å². The maximum Gasteiger partial charge on any atom is 0.311 e. The van der Waals surface area contributed by atoms with E-state index in [1.807, 2.05) is 91.9 Å². The van der Waals surface area contributed by atoms with Gasteiger partial charge in [0.15, 0.2) is 5.82 Å². The Balaban J connectivity index is 1.55. The Bertz CT molecular complexity index is 1110. The van der Waals surface area contributed by atoms with Crippen molar-refractivity contribution in [3.05, 3.63) is 96.3 Å². The van der Waals surface area contributed by atoms with Crippen LogP contribution in [0.25, 0.3) is 17.1 Å². The van der Waals surface area contributed by atoms with E-state index in [0.717, 1.165) is 22.6 Å². The molecule has 4 aromatic rings. The van der Waals surface area contributed by atoms with E-state index in [1.165, 1.54) is 0 Å². The van der Waals surface area contributed by atoms with Crippen molar-refractivity contribution in [1.82, 2.24) is 20.2 Å². The Labute approximate surface area is 180 Å². The molecule has 0 radical (unpaired) electrons. The zero-order chi connectivity index (χ0) is 21.5. The zero-order valence-corrected chi connectivity index (χ0v) is 17.0. The molecule has 1 N–H and O–H groups in total. The summed E-state index contributed by atoms with van der Waals surface area (Å²) in [7, 11) is 0. The van der Waals surface area contributed by atoms with Crippen LogP contribution in [-0.4, -0.2) is 33.5 Å². The quantitative estimate of drug-likeness (QED) is 0.367. The van der Waals surface area contributed by atoms with Crippen LogP contribution in [-0.2, 0) is 0 Å². The van der Waals surface area contributed by atoms with E-state index in [2.05, 4.69) is 20.6 Å². The maximum atomic E-state index is 12.6. The number of hydrogen-bond acceptors (Lipinski definition) is 5. The van der Waals surface area contributed by atoms with E-state index in [1.54, 1.807) is 10.9 Å². The first-order chi connectivity index (χ1) is 15.2. The topological polar surface area (TPSA) is 81.4 Å². The number of nitrogens with one attached hydrogen (secondary N) is 1. The maximum absolute atomic E-state index is 12.6. The molecule has 0 bridgehead atoms. The molecule has 1 heterocycles. The van der Waals surface area contributed by atoms with Gasteiger partial charge in [0.1, 0.15) is 5.75 Å². The van der Waals surface area contributed by atoms with Crippen molar-refractivity contribution in [1.29, 1.82) is 0 Å². The Morgan fingerprint density at radius 2 is 1.68 bits per heavy atom. The summed E-state index contributed by atoms with van der Waals surface area (Å²) in [6.07, 6.45) is 1.56. The number of aromatic nitrogens is 3. The highest BCUT2D eigenvalue weighted by Crippen LogP contribution is 2.21. The number of para-hydroxylation sites is 1. The third-order valence-electron chi connectivity index (χ3n) is 4.41. The summed E-state index contributed by atoms with van der Waals surface area (Å²) in [4.78, 5) is 17.1. The van der Waals surface area contributed by atoms with Crippen LogP contribution >= 0.6 is 0 Å². The van der Waals surface area contributed by atoms with Crippen LogP contribution in [0, 0.1) is 0 Å². The molecule has 31 heavy (non-hydrogen) atoms. The molecule has 7 heteroatoms. The molecule has 0 saturated heterocycles. The van der Waals surface area contributed by atoms with Crippen LogP contribution in [0.4, 0.5) is 0 Å². The highest BCUT2D eigenvalue weighted by molar-refractivity contribution is 5.92. The standard InChI is InChI=1S/C24H21N5O2/c1-2-31-21-15-13-18(14-16-21)17-25-27-24(30)22-26-23(19-9-5-3-6-10-19)29(28-22)20-11-7-4-8-12-20/h3-17H,2H2,1H3,(H,27,30)/b25-17-. The fourth-order valence-corrected chi connectivity index (χ4v) is 2.96. The molecule has 0 atom stereocenters. The molecule has 0 aliphatic carbocycles. The Morgan fingerprint density at radius 3 is 2.35 bits per heavy atom. The van der Waals surface area contributed by atoms with Crippen LogP contribution in [0.2, 0.25) is 0 Å². The minimum absolute atomic E-state index is 0.0338. The van der Waals surface area contributed by atoms with E-state index >= 15 is 0 Å². The summed E-state index contributed by atoms with van der Waals surface area (Å²) < 4.78 is 7.07. The van der Waals surface area contributed by atoms with Crippen LogP contribution in [0.3, 0.4) is 0 Å². The van der Waals surface area contributed by atoms with E-state index in [9.17, 15) is 4.79 Å². The van der Waals surface area contributed by atoms with Gasteiger partial charge in [0.25, 0.3) is 0 Å². The van der Waals surface area contributed by atoms with E-state index in [4.69, 9.17) is 4.74 Å². The first kappa shape index (κ1) is 20.0. The molecule has 0 spiro atoms. The molecular weight excluding hydrogens is 390 g/mol. The van der Waals surface area contributed by atoms with Crippen LogP contribution < -0.4 is 10.2 Å². The lowest BCUT2D eigenvalue weighted by atomic mass is 10.2. The fourth-order valence-electron chi connectivity index (χ4n) is 2.96. The van der Waals surface area contributed by atoms with Gasteiger partial charge in [-0.1, -0.05) is 48.5 Å². The number of hydrazone groups is 1. The first-order valence-electron chi connectivity index (χ1n) is 9.89. The third-order valence-corrected chi connectivity index (χ3v) is 4.41. The number of amides is 1. The van der Waals surface area contributed by atoms with Crippen molar-refractivity contribution in [3.8, 4) is 22.8 Å². The molecule has 1 aromatic heterocycles. The van der Waals surface area contributed by atoms with E-state index in [0.29, 0.717) is 12.4 Å². The molecule has 0 unspecified atom stereocenters. The van der Waals surface area contributed by atoms with Gasteiger partial charge in [0.05, 0.1) is 18.5 Å². The van der Waals surface area contributed by atoms with Gasteiger partial charge in [-0.2, -0.15) is 5.10 Å². The lowest BCUT2D eigenvalue weighted by molar-refractivity contribution is 0.0945. The average molecular weight is 411 g/mol. The van der Waals surface area contributed by atoms with Gasteiger partial charge in [-0.05, 0) is 48.9 Å². The summed E-state index contributed by atoms with van der Waals surface area (Å²) in [6, 6.07) is 26.6. The summed E-state index contributed by atoms with van der Waals surface area (Å²) in [5.74, 6) is 0.904. The number of nitrogens with zero attached hydrogens (tertiary/aromatic N) is 4. The monoisotopic (exact) mass is 411 g/mol. The molecule has 1 amide bonds. The first-order valence-corrected chi connectivity index (χ1v) is 9.89. The van der Waals surface area contributed by atoms with Gasteiger partial charge >= 0.3 is 5.91 Å². The van der Waals surface area contributed by atoms with Crippen molar-refractivity contribution >= 4 is 12.1 Å². The lowest BCUT2D eigenvalue weighted by Gasteiger charge is -2.05. The summed E-state index contributed by atoms with van der Waals surface area (Å²) in [6.45, 7) is 2.54. The Hall–Kier alpha value is -4.26. The molecule has 0 aliphatic rings. The number of benzene rings is 3. The van der Waals surface area contributed by atoms with E-state index < -0.39 is 5.91 Å². The highest BCUT2D eigenvalue weighted by atomic mass is 16.5. The predicted octanol–water partition coefficient (Wildman–Crippen LogP) is 4.10. The predicted molar refractivity (Wildman–Crippen MR) is 119 cm³/mol. The van der Waals surface area contributed by atoms with Gasteiger partial charge in [-0.3, -0.25) is 4.79 Å². The Kier molecular flexibility index (Phi) is 6.13. The summed E-state index contributed by atoms with van der Waals surface area (Å²) >= 11 is 0. The van der Waals surface area contributed by atoms with Crippen molar-refractivity contribution in [2.45, 2.75) is 6.92 Å². The molecule has 0 saturated carbocycles. The number of carbonyl (C=O) groups excluding carboxylic acids is 1. The van der Waals surface area contributed by atoms with Gasteiger partial charge in [-0.15, -0.1) is 5.10 Å². The number of carbonyl (C=O) groups is 1. The molecule has 7 nitrogen and oxygen atoms in total. The molecule has 4 rings (SSSR count). The number of ether oxygens (including phenoxy) is 1. The summed E-state index contributed by atoms with van der Waals surface area (Å²) in [5, 5.41) is 8.44. The zero-order valence-electron chi connectivity index (χ0n) is 17.0. The van der Waals surface area contributed by atoms with Gasteiger partial charge in [0.2, 0.25) is 5.82 Å². The Morgan fingerprint density at radius 1 is 1.00 bits per heavy atom.